The summed E-state index contributed by atoms with van der Waals surface area (Å²) in [6.07, 6.45) is 1.10. The Balaban J connectivity index is 2.00. The molecule has 0 saturated heterocycles. The number of benzene rings is 3. The monoisotopic (exact) mass is 560 g/mol. The number of ether oxygens (including phenoxy) is 1. The number of anilines is 1. The van der Waals surface area contributed by atoms with Gasteiger partial charge in [0.15, 0.2) is 0 Å². The molecule has 0 bridgehead atoms. The van der Waals surface area contributed by atoms with Gasteiger partial charge in [0.2, 0.25) is 0 Å². The second-order valence-electron chi connectivity index (χ2n) is 7.72. The quantitative estimate of drug-likeness (QED) is 0.215. The standard InChI is InChI=1S/C24H21ClN4O8S/c1-15-7-9-18(12-20(15)29(33)34)38(35,36)28(21-11-17(25)8-10-22(21)37-2)14-23(30)27-26-13-16-5-3-4-6-19(16)24(31)32/h3-13H,14H2,1-2H3,(H,27,30)(H,31,32)/b26-13-. The first-order chi connectivity index (χ1) is 17.9. The predicted octanol–water partition coefficient (Wildman–Crippen LogP) is 3.61. The first-order valence-electron chi connectivity index (χ1n) is 10.7. The Bertz CT molecular complexity index is 1540. The van der Waals surface area contributed by atoms with E-state index in [4.69, 9.17) is 16.3 Å². The van der Waals surface area contributed by atoms with Crippen molar-refractivity contribution in [2.45, 2.75) is 11.8 Å². The molecule has 14 heteroatoms. The van der Waals surface area contributed by atoms with Crippen molar-refractivity contribution < 1.29 is 32.8 Å². The molecular weight excluding hydrogens is 540 g/mol. The zero-order chi connectivity index (χ0) is 28.0. The molecule has 0 radical (unpaired) electrons. The van der Waals surface area contributed by atoms with Crippen LogP contribution in [-0.2, 0) is 14.8 Å². The lowest BCUT2D eigenvalue weighted by molar-refractivity contribution is -0.385. The largest absolute Gasteiger partial charge is 0.495 e. The topological polar surface area (TPSA) is 169 Å². The molecule has 0 aliphatic carbocycles. The summed E-state index contributed by atoms with van der Waals surface area (Å²) >= 11 is 6.09. The lowest BCUT2D eigenvalue weighted by Gasteiger charge is -2.25. The van der Waals surface area contributed by atoms with Crippen molar-refractivity contribution in [1.29, 1.82) is 0 Å². The Morgan fingerprint density at radius 1 is 1.18 bits per heavy atom. The van der Waals surface area contributed by atoms with Gasteiger partial charge in [0.25, 0.3) is 21.6 Å². The van der Waals surface area contributed by atoms with Gasteiger partial charge in [-0.05, 0) is 37.3 Å². The van der Waals surface area contributed by atoms with Crippen molar-refractivity contribution in [2.24, 2.45) is 5.10 Å². The molecule has 3 rings (SSSR count). The fraction of sp³-hybridized carbons (Fsp3) is 0.125. The van der Waals surface area contributed by atoms with Crippen LogP contribution >= 0.6 is 11.6 Å². The van der Waals surface area contributed by atoms with E-state index in [1.165, 1.54) is 62.6 Å². The lowest BCUT2D eigenvalue weighted by atomic mass is 10.1. The van der Waals surface area contributed by atoms with E-state index in [-0.39, 0.29) is 33.1 Å². The number of carboxylic acids is 1. The number of hydrogen-bond acceptors (Lipinski definition) is 8. The molecule has 0 atom stereocenters. The number of hydrogen-bond donors (Lipinski definition) is 2. The van der Waals surface area contributed by atoms with Gasteiger partial charge in [0, 0.05) is 22.2 Å². The van der Waals surface area contributed by atoms with E-state index in [9.17, 15) is 33.2 Å². The van der Waals surface area contributed by atoms with Crippen LogP contribution in [0.3, 0.4) is 0 Å². The Morgan fingerprint density at radius 2 is 1.89 bits per heavy atom. The van der Waals surface area contributed by atoms with E-state index in [0.717, 1.165) is 12.3 Å². The van der Waals surface area contributed by atoms with Crippen molar-refractivity contribution >= 4 is 51.1 Å². The number of methoxy groups -OCH3 is 1. The number of rotatable bonds is 10. The van der Waals surface area contributed by atoms with Crippen LogP contribution in [0.15, 0.2) is 70.7 Å². The number of carbonyl (C=O) groups is 2. The highest BCUT2D eigenvalue weighted by Gasteiger charge is 2.31. The van der Waals surface area contributed by atoms with Gasteiger partial charge >= 0.3 is 5.97 Å². The Kier molecular flexibility index (Phi) is 8.65. The highest BCUT2D eigenvalue weighted by atomic mass is 35.5. The van der Waals surface area contributed by atoms with E-state index in [0.29, 0.717) is 4.31 Å². The van der Waals surface area contributed by atoms with Crippen LogP contribution in [0.1, 0.15) is 21.5 Å². The number of aryl methyl sites for hydroxylation is 1. The summed E-state index contributed by atoms with van der Waals surface area (Å²) in [6, 6.07) is 13.4. The molecule has 2 N–H and O–H groups in total. The van der Waals surface area contributed by atoms with Gasteiger partial charge in [0.05, 0.1) is 34.4 Å². The number of hydrazone groups is 1. The zero-order valence-electron chi connectivity index (χ0n) is 20.0. The maximum absolute atomic E-state index is 13.7. The normalized spacial score (nSPS) is 11.2. The molecule has 1 amide bonds. The van der Waals surface area contributed by atoms with Gasteiger partial charge in [-0.1, -0.05) is 35.9 Å². The second kappa shape index (κ2) is 11.7. The van der Waals surface area contributed by atoms with Crippen molar-refractivity contribution in [1.82, 2.24) is 5.43 Å². The number of nitro benzene ring substituents is 1. The average Bonchev–Trinajstić information content (AvgIpc) is 2.87. The number of halogens is 1. The van der Waals surface area contributed by atoms with Crippen molar-refractivity contribution in [3.8, 4) is 5.75 Å². The highest BCUT2D eigenvalue weighted by Crippen LogP contribution is 2.35. The highest BCUT2D eigenvalue weighted by molar-refractivity contribution is 7.92. The average molecular weight is 561 g/mol. The van der Waals surface area contributed by atoms with Crippen LogP contribution in [0.25, 0.3) is 0 Å². The first kappa shape index (κ1) is 28.1. The van der Waals surface area contributed by atoms with E-state index >= 15 is 0 Å². The van der Waals surface area contributed by atoms with Gasteiger partial charge in [-0.25, -0.2) is 18.6 Å². The number of aromatic carboxylic acids is 1. The fourth-order valence-electron chi connectivity index (χ4n) is 3.38. The van der Waals surface area contributed by atoms with Gasteiger partial charge in [0.1, 0.15) is 12.3 Å². The molecule has 0 saturated carbocycles. The summed E-state index contributed by atoms with van der Waals surface area (Å²) in [5.41, 5.74) is 2.03. The lowest BCUT2D eigenvalue weighted by Crippen LogP contribution is -2.39. The zero-order valence-corrected chi connectivity index (χ0v) is 21.6. The Morgan fingerprint density at radius 3 is 2.55 bits per heavy atom. The maximum atomic E-state index is 13.7. The summed E-state index contributed by atoms with van der Waals surface area (Å²) < 4.78 is 33.3. The van der Waals surface area contributed by atoms with Crippen molar-refractivity contribution in [3.05, 3.63) is 92.5 Å². The molecule has 0 unspecified atom stereocenters. The van der Waals surface area contributed by atoms with Crippen LogP contribution in [-0.4, -0.2) is 50.2 Å². The first-order valence-corrected chi connectivity index (χ1v) is 12.5. The number of sulfonamides is 1. The van der Waals surface area contributed by atoms with Crippen LogP contribution < -0.4 is 14.5 Å². The minimum Gasteiger partial charge on any atom is -0.495 e. The SMILES string of the molecule is COc1ccc(Cl)cc1N(CC(=O)N/N=C\c1ccccc1C(=O)O)S(=O)(=O)c1ccc(C)c([N+](=O)[O-])c1. The van der Waals surface area contributed by atoms with Gasteiger partial charge in [-0.2, -0.15) is 5.10 Å². The van der Waals surface area contributed by atoms with Gasteiger partial charge in [-0.15, -0.1) is 0 Å². The Labute approximate surface area is 222 Å². The summed E-state index contributed by atoms with van der Waals surface area (Å²) in [5, 5.41) is 24.6. The molecule has 38 heavy (non-hydrogen) atoms. The number of carbonyl (C=O) groups excluding carboxylic acids is 1. The minimum absolute atomic E-state index is 0.0562. The van der Waals surface area contributed by atoms with Gasteiger partial charge < -0.3 is 9.84 Å². The number of carboxylic acid groups (broad SMARTS) is 1. The number of nitrogens with zero attached hydrogens (tertiary/aromatic N) is 3. The third kappa shape index (κ3) is 6.25. The smallest absolute Gasteiger partial charge is 0.336 e. The number of nitrogens with one attached hydrogen (secondary N) is 1. The summed E-state index contributed by atoms with van der Waals surface area (Å²) in [7, 11) is -3.28. The molecule has 198 valence electrons. The number of amides is 1. The maximum Gasteiger partial charge on any atom is 0.336 e. The molecule has 3 aromatic carbocycles. The van der Waals surface area contributed by atoms with Crippen LogP contribution in [0.5, 0.6) is 5.75 Å². The fourth-order valence-corrected chi connectivity index (χ4v) is 4.99. The van der Waals surface area contributed by atoms with Crippen molar-refractivity contribution in [3.63, 3.8) is 0 Å². The van der Waals surface area contributed by atoms with Crippen LogP contribution in [0, 0.1) is 17.0 Å². The summed E-state index contributed by atoms with van der Waals surface area (Å²) in [5.74, 6) is -2.04. The molecule has 0 fully saturated rings. The molecule has 0 heterocycles. The third-order valence-corrected chi connectivity index (χ3v) is 7.24. The van der Waals surface area contributed by atoms with E-state index in [2.05, 4.69) is 10.5 Å². The third-order valence-electron chi connectivity index (χ3n) is 5.25. The number of nitro groups is 1. The van der Waals surface area contributed by atoms with E-state index in [1.54, 1.807) is 6.07 Å². The van der Waals surface area contributed by atoms with Gasteiger partial charge in [-0.3, -0.25) is 19.2 Å². The molecule has 0 aliphatic rings. The van der Waals surface area contributed by atoms with E-state index < -0.39 is 44.0 Å². The molecular formula is C24H21ClN4O8S. The Hall–Kier alpha value is -4.49. The predicted molar refractivity (Wildman–Crippen MR) is 140 cm³/mol. The molecule has 0 spiro atoms. The summed E-state index contributed by atoms with van der Waals surface area (Å²) in [6.45, 7) is 0.638. The van der Waals surface area contributed by atoms with E-state index in [1.807, 2.05) is 0 Å². The minimum atomic E-state index is -4.57. The molecule has 0 aliphatic heterocycles. The molecule has 12 nitrogen and oxygen atoms in total. The molecule has 0 aromatic heterocycles. The summed E-state index contributed by atoms with van der Waals surface area (Å²) in [4.78, 5) is 34.4. The molecule has 3 aromatic rings. The van der Waals surface area contributed by atoms with Crippen LogP contribution in [0.2, 0.25) is 5.02 Å². The van der Waals surface area contributed by atoms with Crippen LogP contribution in [0.4, 0.5) is 11.4 Å². The second-order valence-corrected chi connectivity index (χ2v) is 10.0. The van der Waals surface area contributed by atoms with Crippen molar-refractivity contribution in [2.75, 3.05) is 18.0 Å².